The van der Waals surface area contributed by atoms with Gasteiger partial charge in [-0.2, -0.15) is 0 Å². The molecular formula is C24H31ClN2O3. The van der Waals surface area contributed by atoms with E-state index in [1.54, 1.807) is 0 Å². The standard InChI is InChI=1S/C24H31ClN2O3/c1-3-29-22-14-20(16-26-11-7-13-27-12-6-10-24(27)28)21(25)15-23(22)30-17-19-9-5-4-8-18(19)2/h4-5,8-9,14-15,26H,3,6-7,10-13,16-17H2,1-2H3. The average molecular weight is 431 g/mol. The van der Waals surface area contributed by atoms with Crippen LogP contribution in [0.25, 0.3) is 0 Å². The molecule has 2 aromatic rings. The van der Waals surface area contributed by atoms with E-state index in [4.69, 9.17) is 21.1 Å². The number of halogens is 1. The third-order valence-electron chi connectivity index (χ3n) is 5.33. The predicted octanol–water partition coefficient (Wildman–Crippen LogP) is 4.73. The number of benzene rings is 2. The maximum Gasteiger partial charge on any atom is 0.222 e. The summed E-state index contributed by atoms with van der Waals surface area (Å²) >= 11 is 6.52. The fourth-order valence-electron chi connectivity index (χ4n) is 3.58. The highest BCUT2D eigenvalue weighted by Crippen LogP contribution is 2.34. The van der Waals surface area contributed by atoms with Gasteiger partial charge >= 0.3 is 0 Å². The lowest BCUT2D eigenvalue weighted by atomic mass is 10.1. The molecule has 0 unspecified atom stereocenters. The van der Waals surface area contributed by atoms with Crippen LogP contribution in [0.15, 0.2) is 36.4 Å². The number of amides is 1. The van der Waals surface area contributed by atoms with Gasteiger partial charge in [-0.15, -0.1) is 0 Å². The van der Waals surface area contributed by atoms with Crippen LogP contribution in [0.3, 0.4) is 0 Å². The summed E-state index contributed by atoms with van der Waals surface area (Å²) in [6.45, 7) is 8.23. The molecular weight excluding hydrogens is 400 g/mol. The Morgan fingerprint density at radius 1 is 1.13 bits per heavy atom. The van der Waals surface area contributed by atoms with Crippen LogP contribution in [-0.4, -0.2) is 37.0 Å². The van der Waals surface area contributed by atoms with Crippen molar-refractivity contribution in [3.63, 3.8) is 0 Å². The molecule has 0 aromatic heterocycles. The van der Waals surface area contributed by atoms with Crippen molar-refractivity contribution in [3.05, 3.63) is 58.1 Å². The van der Waals surface area contributed by atoms with Crippen molar-refractivity contribution in [1.29, 1.82) is 0 Å². The van der Waals surface area contributed by atoms with Gasteiger partial charge in [0.2, 0.25) is 5.91 Å². The van der Waals surface area contributed by atoms with Crippen LogP contribution < -0.4 is 14.8 Å². The second kappa shape index (κ2) is 11.2. The first-order valence-corrected chi connectivity index (χ1v) is 11.1. The zero-order valence-electron chi connectivity index (χ0n) is 17.9. The highest BCUT2D eigenvalue weighted by Gasteiger charge is 2.19. The summed E-state index contributed by atoms with van der Waals surface area (Å²) < 4.78 is 11.8. The zero-order valence-corrected chi connectivity index (χ0v) is 18.6. The lowest BCUT2D eigenvalue weighted by Crippen LogP contribution is -2.28. The summed E-state index contributed by atoms with van der Waals surface area (Å²) in [4.78, 5) is 13.6. The molecule has 5 nitrogen and oxygen atoms in total. The number of nitrogens with zero attached hydrogens (tertiary/aromatic N) is 1. The summed E-state index contributed by atoms with van der Waals surface area (Å²) in [5.74, 6) is 1.64. The number of hydrogen-bond donors (Lipinski definition) is 1. The molecule has 6 heteroatoms. The summed E-state index contributed by atoms with van der Waals surface area (Å²) in [7, 11) is 0. The van der Waals surface area contributed by atoms with Gasteiger partial charge in [-0.3, -0.25) is 4.79 Å². The SMILES string of the molecule is CCOc1cc(CNCCCN2CCCC2=O)c(Cl)cc1OCc1ccccc1C. The Bertz CT molecular complexity index is 856. The van der Waals surface area contributed by atoms with Crippen molar-refractivity contribution in [1.82, 2.24) is 10.2 Å². The largest absolute Gasteiger partial charge is 0.490 e. The Labute approximate surface area is 184 Å². The molecule has 0 radical (unpaired) electrons. The van der Waals surface area contributed by atoms with Gasteiger partial charge in [0, 0.05) is 37.1 Å². The molecule has 30 heavy (non-hydrogen) atoms. The van der Waals surface area contributed by atoms with Crippen LogP contribution in [0.2, 0.25) is 5.02 Å². The fraction of sp³-hybridized carbons (Fsp3) is 0.458. The fourth-order valence-corrected chi connectivity index (χ4v) is 3.80. The Morgan fingerprint density at radius 3 is 2.67 bits per heavy atom. The van der Waals surface area contributed by atoms with Gasteiger partial charge in [-0.05, 0) is 56.0 Å². The number of nitrogens with one attached hydrogen (secondary N) is 1. The first kappa shape index (κ1) is 22.4. The van der Waals surface area contributed by atoms with Gasteiger partial charge in [0.1, 0.15) is 6.61 Å². The minimum Gasteiger partial charge on any atom is -0.490 e. The molecule has 162 valence electrons. The van der Waals surface area contributed by atoms with Crippen molar-refractivity contribution in [2.75, 3.05) is 26.2 Å². The van der Waals surface area contributed by atoms with E-state index in [2.05, 4.69) is 24.4 Å². The van der Waals surface area contributed by atoms with Crippen molar-refractivity contribution >= 4 is 17.5 Å². The first-order chi connectivity index (χ1) is 14.6. The van der Waals surface area contributed by atoms with Gasteiger partial charge in [-0.1, -0.05) is 35.9 Å². The molecule has 0 aliphatic carbocycles. The number of ether oxygens (including phenoxy) is 2. The van der Waals surface area contributed by atoms with E-state index >= 15 is 0 Å². The highest BCUT2D eigenvalue weighted by atomic mass is 35.5. The number of hydrogen-bond acceptors (Lipinski definition) is 4. The molecule has 1 N–H and O–H groups in total. The van der Waals surface area contributed by atoms with E-state index in [9.17, 15) is 4.79 Å². The van der Waals surface area contributed by atoms with E-state index < -0.39 is 0 Å². The molecule has 2 aromatic carbocycles. The molecule has 1 saturated heterocycles. The Kier molecular flexibility index (Phi) is 8.40. The Balaban J connectivity index is 1.55. The molecule has 1 heterocycles. The van der Waals surface area contributed by atoms with Crippen LogP contribution in [0.4, 0.5) is 0 Å². The Morgan fingerprint density at radius 2 is 1.93 bits per heavy atom. The van der Waals surface area contributed by atoms with Gasteiger partial charge in [0.25, 0.3) is 0 Å². The minimum absolute atomic E-state index is 0.278. The summed E-state index contributed by atoms with van der Waals surface area (Å²) in [6, 6.07) is 12.0. The van der Waals surface area contributed by atoms with Crippen LogP contribution >= 0.6 is 11.6 Å². The molecule has 1 amide bonds. The van der Waals surface area contributed by atoms with Crippen molar-refractivity contribution in [2.24, 2.45) is 0 Å². The smallest absolute Gasteiger partial charge is 0.222 e. The summed E-state index contributed by atoms with van der Waals surface area (Å²) in [6.07, 6.45) is 2.61. The summed E-state index contributed by atoms with van der Waals surface area (Å²) in [5, 5.41) is 4.07. The molecule has 0 saturated carbocycles. The number of rotatable bonds is 11. The topological polar surface area (TPSA) is 50.8 Å². The maximum atomic E-state index is 11.7. The molecule has 1 aliphatic rings. The lowest BCUT2D eigenvalue weighted by Gasteiger charge is -2.17. The van der Waals surface area contributed by atoms with Gasteiger partial charge in [0.05, 0.1) is 6.61 Å². The molecule has 0 bridgehead atoms. The minimum atomic E-state index is 0.278. The van der Waals surface area contributed by atoms with Crippen LogP contribution in [0.1, 0.15) is 42.9 Å². The number of aryl methyl sites for hydroxylation is 1. The second-order valence-corrected chi connectivity index (χ2v) is 7.96. The molecule has 1 fully saturated rings. The first-order valence-electron chi connectivity index (χ1n) is 10.7. The molecule has 1 aliphatic heterocycles. The molecule has 0 spiro atoms. The molecule has 3 rings (SSSR count). The van der Waals surface area contributed by atoms with E-state index in [1.165, 1.54) is 5.56 Å². The summed E-state index contributed by atoms with van der Waals surface area (Å²) in [5.41, 5.74) is 3.30. The third kappa shape index (κ3) is 6.13. The predicted molar refractivity (Wildman–Crippen MR) is 120 cm³/mol. The lowest BCUT2D eigenvalue weighted by molar-refractivity contribution is -0.127. The van der Waals surface area contributed by atoms with Crippen LogP contribution in [0.5, 0.6) is 11.5 Å². The van der Waals surface area contributed by atoms with Crippen molar-refractivity contribution in [2.45, 2.75) is 46.3 Å². The van der Waals surface area contributed by atoms with E-state index in [0.29, 0.717) is 42.7 Å². The van der Waals surface area contributed by atoms with Gasteiger partial charge < -0.3 is 19.7 Å². The molecule has 0 atom stereocenters. The van der Waals surface area contributed by atoms with E-state index in [-0.39, 0.29) is 5.91 Å². The van der Waals surface area contributed by atoms with Crippen LogP contribution in [-0.2, 0) is 17.9 Å². The van der Waals surface area contributed by atoms with E-state index in [1.807, 2.05) is 36.1 Å². The highest BCUT2D eigenvalue weighted by molar-refractivity contribution is 6.31. The third-order valence-corrected chi connectivity index (χ3v) is 5.68. The normalized spacial score (nSPS) is 13.7. The maximum absolute atomic E-state index is 11.7. The average Bonchev–Trinajstić information content (AvgIpc) is 3.14. The zero-order chi connectivity index (χ0) is 21.3. The monoisotopic (exact) mass is 430 g/mol. The second-order valence-electron chi connectivity index (χ2n) is 7.55. The number of likely N-dealkylation sites (tertiary alicyclic amines) is 1. The van der Waals surface area contributed by atoms with Gasteiger partial charge in [0.15, 0.2) is 11.5 Å². The number of carbonyl (C=O) groups is 1. The Hall–Kier alpha value is -2.24. The van der Waals surface area contributed by atoms with Crippen LogP contribution in [0, 0.1) is 6.92 Å². The van der Waals surface area contributed by atoms with Gasteiger partial charge in [-0.25, -0.2) is 0 Å². The van der Waals surface area contributed by atoms with Crippen molar-refractivity contribution < 1.29 is 14.3 Å². The van der Waals surface area contributed by atoms with Crippen molar-refractivity contribution in [3.8, 4) is 11.5 Å². The number of carbonyl (C=O) groups excluding carboxylic acids is 1. The quantitative estimate of drug-likeness (QED) is 0.523. The van der Waals surface area contributed by atoms with E-state index in [0.717, 1.165) is 43.6 Å².